The number of hydrogen-bond donors (Lipinski definition) is 1. The van der Waals surface area contributed by atoms with Gasteiger partial charge in [-0.15, -0.1) is 6.42 Å². The van der Waals surface area contributed by atoms with Crippen molar-refractivity contribution in [1.82, 2.24) is 10.2 Å². The minimum atomic E-state index is -0.348. The summed E-state index contributed by atoms with van der Waals surface area (Å²) in [5.74, 6) is 3.07. The molecule has 0 bridgehead atoms. The molecular weight excluding hydrogens is 204 g/mol. The highest BCUT2D eigenvalue weighted by atomic mass is 16.2. The van der Waals surface area contributed by atoms with Gasteiger partial charge in [0.25, 0.3) is 0 Å². The van der Waals surface area contributed by atoms with E-state index >= 15 is 0 Å². The lowest BCUT2D eigenvalue weighted by atomic mass is 10.2. The fourth-order valence-corrected chi connectivity index (χ4v) is 1.97. The number of nitrogens with zero attached hydrogens (tertiary/aromatic N) is 1. The van der Waals surface area contributed by atoms with Gasteiger partial charge in [0, 0.05) is 13.0 Å². The summed E-state index contributed by atoms with van der Waals surface area (Å²) in [5, 5.41) is 2.69. The SMILES string of the molecule is C#CCN(CC1CC1)C(=O)[C@@H]1CCC(=O)N1. The average molecular weight is 220 g/mol. The zero-order valence-electron chi connectivity index (χ0n) is 9.24. The summed E-state index contributed by atoms with van der Waals surface area (Å²) in [5.41, 5.74) is 0. The summed E-state index contributed by atoms with van der Waals surface area (Å²) in [4.78, 5) is 24.8. The number of rotatable bonds is 4. The molecule has 2 fully saturated rings. The van der Waals surface area contributed by atoms with E-state index in [-0.39, 0.29) is 17.9 Å². The molecule has 0 aromatic heterocycles. The molecule has 1 saturated carbocycles. The molecule has 0 unspecified atom stereocenters. The monoisotopic (exact) mass is 220 g/mol. The Morgan fingerprint density at radius 3 is 2.75 bits per heavy atom. The molecule has 1 aliphatic carbocycles. The Balaban J connectivity index is 1.92. The summed E-state index contributed by atoms with van der Waals surface area (Å²) in [6.07, 6.45) is 8.68. The fraction of sp³-hybridized carbons (Fsp3) is 0.667. The normalized spacial score (nSPS) is 23.7. The number of amides is 2. The van der Waals surface area contributed by atoms with Crippen molar-refractivity contribution in [2.24, 2.45) is 5.92 Å². The van der Waals surface area contributed by atoms with Crippen molar-refractivity contribution in [3.8, 4) is 12.3 Å². The van der Waals surface area contributed by atoms with Gasteiger partial charge in [-0.2, -0.15) is 0 Å². The van der Waals surface area contributed by atoms with Crippen LogP contribution in [0, 0.1) is 18.3 Å². The second kappa shape index (κ2) is 4.56. The van der Waals surface area contributed by atoms with Crippen LogP contribution in [0.3, 0.4) is 0 Å². The lowest BCUT2D eigenvalue weighted by Crippen LogP contribution is -2.45. The van der Waals surface area contributed by atoms with Gasteiger partial charge < -0.3 is 10.2 Å². The van der Waals surface area contributed by atoms with Crippen molar-refractivity contribution < 1.29 is 9.59 Å². The third-order valence-corrected chi connectivity index (χ3v) is 3.06. The third kappa shape index (κ3) is 2.54. The highest BCUT2D eigenvalue weighted by Gasteiger charge is 2.33. The highest BCUT2D eigenvalue weighted by molar-refractivity contribution is 5.90. The molecule has 2 rings (SSSR count). The predicted octanol–water partition coefficient (Wildman–Crippen LogP) is 0.137. The van der Waals surface area contributed by atoms with Crippen LogP contribution in [0.5, 0.6) is 0 Å². The first-order chi connectivity index (χ1) is 7.70. The van der Waals surface area contributed by atoms with Gasteiger partial charge in [0.15, 0.2) is 0 Å². The molecule has 0 aromatic carbocycles. The zero-order chi connectivity index (χ0) is 11.5. The first-order valence-corrected chi connectivity index (χ1v) is 5.72. The van der Waals surface area contributed by atoms with E-state index in [1.165, 1.54) is 12.8 Å². The van der Waals surface area contributed by atoms with Crippen LogP contribution in [0.1, 0.15) is 25.7 Å². The van der Waals surface area contributed by atoms with Gasteiger partial charge in [0.1, 0.15) is 6.04 Å². The van der Waals surface area contributed by atoms with E-state index in [1.54, 1.807) is 4.90 Å². The molecule has 1 aliphatic heterocycles. The Morgan fingerprint density at radius 2 is 2.25 bits per heavy atom. The van der Waals surface area contributed by atoms with Gasteiger partial charge in [-0.3, -0.25) is 9.59 Å². The number of nitrogens with one attached hydrogen (secondary N) is 1. The van der Waals surface area contributed by atoms with E-state index in [1.807, 2.05) is 0 Å². The third-order valence-electron chi connectivity index (χ3n) is 3.06. The Bertz CT molecular complexity index is 341. The van der Waals surface area contributed by atoms with Crippen LogP contribution in [0.4, 0.5) is 0 Å². The van der Waals surface area contributed by atoms with Crippen LogP contribution < -0.4 is 5.32 Å². The quantitative estimate of drug-likeness (QED) is 0.685. The molecule has 86 valence electrons. The molecule has 2 amide bonds. The number of carbonyl (C=O) groups is 2. The van der Waals surface area contributed by atoms with Crippen LogP contribution in [-0.2, 0) is 9.59 Å². The minimum Gasteiger partial charge on any atom is -0.344 e. The van der Waals surface area contributed by atoms with Crippen LogP contribution in [-0.4, -0.2) is 35.8 Å². The van der Waals surface area contributed by atoms with E-state index in [0.29, 0.717) is 25.3 Å². The predicted molar refractivity (Wildman–Crippen MR) is 59.3 cm³/mol. The largest absolute Gasteiger partial charge is 0.344 e. The van der Waals surface area contributed by atoms with Gasteiger partial charge in [-0.25, -0.2) is 0 Å². The van der Waals surface area contributed by atoms with Crippen molar-refractivity contribution in [1.29, 1.82) is 0 Å². The molecule has 1 saturated heterocycles. The van der Waals surface area contributed by atoms with E-state index < -0.39 is 0 Å². The molecule has 1 heterocycles. The summed E-state index contributed by atoms with van der Waals surface area (Å²) >= 11 is 0. The van der Waals surface area contributed by atoms with Gasteiger partial charge in [-0.1, -0.05) is 5.92 Å². The van der Waals surface area contributed by atoms with Crippen molar-refractivity contribution in [3.63, 3.8) is 0 Å². The van der Waals surface area contributed by atoms with Gasteiger partial charge in [-0.05, 0) is 25.2 Å². The van der Waals surface area contributed by atoms with Gasteiger partial charge in [0.05, 0.1) is 6.54 Å². The van der Waals surface area contributed by atoms with Crippen molar-refractivity contribution in [2.75, 3.05) is 13.1 Å². The van der Waals surface area contributed by atoms with Crippen molar-refractivity contribution in [2.45, 2.75) is 31.7 Å². The molecule has 0 spiro atoms. The Hall–Kier alpha value is -1.50. The number of hydrogen-bond acceptors (Lipinski definition) is 2. The molecule has 16 heavy (non-hydrogen) atoms. The fourth-order valence-electron chi connectivity index (χ4n) is 1.97. The molecular formula is C12H16N2O2. The summed E-state index contributed by atoms with van der Waals surface area (Å²) < 4.78 is 0. The minimum absolute atomic E-state index is 0.0179. The highest BCUT2D eigenvalue weighted by Crippen LogP contribution is 2.30. The maximum absolute atomic E-state index is 12.1. The molecule has 2 aliphatic rings. The molecule has 0 radical (unpaired) electrons. The Morgan fingerprint density at radius 1 is 1.50 bits per heavy atom. The van der Waals surface area contributed by atoms with Crippen LogP contribution in [0.2, 0.25) is 0 Å². The van der Waals surface area contributed by atoms with Gasteiger partial charge in [0.2, 0.25) is 11.8 Å². The Kier molecular flexibility index (Phi) is 3.14. The maximum atomic E-state index is 12.1. The zero-order valence-corrected chi connectivity index (χ0v) is 9.24. The maximum Gasteiger partial charge on any atom is 0.245 e. The Labute approximate surface area is 95.4 Å². The van der Waals surface area contributed by atoms with Crippen LogP contribution >= 0.6 is 0 Å². The van der Waals surface area contributed by atoms with E-state index in [4.69, 9.17) is 6.42 Å². The lowest BCUT2D eigenvalue weighted by Gasteiger charge is -2.23. The average Bonchev–Trinajstić information content (AvgIpc) is 2.97. The summed E-state index contributed by atoms with van der Waals surface area (Å²) in [7, 11) is 0. The summed E-state index contributed by atoms with van der Waals surface area (Å²) in [6.45, 7) is 1.09. The molecule has 4 nitrogen and oxygen atoms in total. The van der Waals surface area contributed by atoms with Crippen LogP contribution in [0.25, 0.3) is 0 Å². The van der Waals surface area contributed by atoms with Crippen molar-refractivity contribution >= 4 is 11.8 Å². The first-order valence-electron chi connectivity index (χ1n) is 5.72. The molecule has 1 atom stereocenters. The molecule has 1 N–H and O–H groups in total. The molecule has 4 heteroatoms. The van der Waals surface area contributed by atoms with E-state index in [0.717, 1.165) is 6.54 Å². The van der Waals surface area contributed by atoms with Crippen LogP contribution in [0.15, 0.2) is 0 Å². The number of terminal acetylenes is 1. The van der Waals surface area contributed by atoms with E-state index in [2.05, 4.69) is 11.2 Å². The topological polar surface area (TPSA) is 49.4 Å². The smallest absolute Gasteiger partial charge is 0.245 e. The first kappa shape index (κ1) is 11.0. The number of carbonyl (C=O) groups excluding carboxylic acids is 2. The second-order valence-electron chi connectivity index (χ2n) is 4.53. The van der Waals surface area contributed by atoms with E-state index in [9.17, 15) is 9.59 Å². The molecule has 0 aromatic rings. The van der Waals surface area contributed by atoms with Crippen molar-refractivity contribution in [3.05, 3.63) is 0 Å². The standard InChI is InChI=1S/C12H16N2O2/c1-2-7-14(8-9-3-4-9)12(16)10-5-6-11(15)13-10/h1,9-10H,3-8H2,(H,13,15)/t10-/m0/s1. The van der Waals surface area contributed by atoms with Gasteiger partial charge >= 0.3 is 0 Å². The summed E-state index contributed by atoms with van der Waals surface area (Å²) in [6, 6.07) is -0.348. The lowest BCUT2D eigenvalue weighted by molar-refractivity contribution is -0.134. The second-order valence-corrected chi connectivity index (χ2v) is 4.53.